The molecule has 7 nitrogen and oxygen atoms in total. The molecule has 30 heavy (non-hydrogen) atoms. The summed E-state index contributed by atoms with van der Waals surface area (Å²) in [6.45, 7) is 9.55. The van der Waals surface area contributed by atoms with Crippen LogP contribution in [0.1, 0.15) is 67.2 Å². The lowest BCUT2D eigenvalue weighted by molar-refractivity contribution is -0.131. The number of carbonyl (C=O) groups excluding carboxylic acids is 1. The van der Waals surface area contributed by atoms with Crippen molar-refractivity contribution in [2.75, 3.05) is 13.1 Å². The summed E-state index contributed by atoms with van der Waals surface area (Å²) in [4.78, 5) is 19.5. The van der Waals surface area contributed by atoms with E-state index in [-0.39, 0.29) is 17.7 Å². The highest BCUT2D eigenvalue weighted by Crippen LogP contribution is 2.28. The summed E-state index contributed by atoms with van der Waals surface area (Å²) in [5.41, 5.74) is 3.96. The van der Waals surface area contributed by atoms with Crippen molar-refractivity contribution in [1.29, 1.82) is 0 Å². The molecule has 0 N–H and O–H groups in total. The number of benzene rings is 1. The van der Waals surface area contributed by atoms with Crippen LogP contribution in [0.5, 0.6) is 0 Å². The number of hydrogen-bond acceptors (Lipinski definition) is 5. The third kappa shape index (κ3) is 4.01. The minimum Gasteiger partial charge on any atom is -0.342 e. The van der Waals surface area contributed by atoms with E-state index >= 15 is 0 Å². The van der Waals surface area contributed by atoms with Gasteiger partial charge in [-0.15, -0.1) is 0 Å². The Hall–Kier alpha value is -2.96. The van der Waals surface area contributed by atoms with Gasteiger partial charge in [0, 0.05) is 36.2 Å². The highest BCUT2D eigenvalue weighted by atomic mass is 16.5. The molecule has 0 bridgehead atoms. The van der Waals surface area contributed by atoms with Crippen molar-refractivity contribution in [2.24, 2.45) is 0 Å². The van der Waals surface area contributed by atoms with Crippen molar-refractivity contribution in [3.63, 3.8) is 0 Å². The maximum absolute atomic E-state index is 13.0. The highest BCUT2D eigenvalue weighted by Gasteiger charge is 2.28. The number of aryl methyl sites for hydroxylation is 1. The Morgan fingerprint density at radius 1 is 1.17 bits per heavy atom. The van der Waals surface area contributed by atoms with Crippen LogP contribution in [0.15, 0.2) is 34.9 Å². The molecule has 3 aromatic rings. The lowest BCUT2D eigenvalue weighted by Gasteiger charge is -2.30. The van der Waals surface area contributed by atoms with Crippen LogP contribution in [-0.2, 0) is 11.2 Å². The van der Waals surface area contributed by atoms with Crippen LogP contribution in [0, 0.1) is 13.8 Å². The maximum Gasteiger partial charge on any atom is 0.229 e. The first-order valence-electron chi connectivity index (χ1n) is 10.7. The first-order valence-corrected chi connectivity index (χ1v) is 10.7. The summed E-state index contributed by atoms with van der Waals surface area (Å²) >= 11 is 0. The number of piperidine rings is 1. The topological polar surface area (TPSA) is 77.1 Å². The fourth-order valence-corrected chi connectivity index (χ4v) is 4.04. The van der Waals surface area contributed by atoms with Gasteiger partial charge in [0.15, 0.2) is 5.82 Å². The molecule has 4 rings (SSSR count). The minimum absolute atomic E-state index is 0.153. The lowest BCUT2D eigenvalue weighted by atomic mass is 9.96. The summed E-state index contributed by atoms with van der Waals surface area (Å²) in [6, 6.07) is 10.0. The van der Waals surface area contributed by atoms with E-state index in [1.807, 2.05) is 53.8 Å². The smallest absolute Gasteiger partial charge is 0.229 e. The molecule has 1 saturated heterocycles. The predicted octanol–water partition coefficient (Wildman–Crippen LogP) is 3.94. The first-order chi connectivity index (χ1) is 14.4. The van der Waals surface area contributed by atoms with Gasteiger partial charge in [0.25, 0.3) is 0 Å². The van der Waals surface area contributed by atoms with E-state index in [4.69, 9.17) is 4.52 Å². The third-order valence-electron chi connectivity index (χ3n) is 5.94. The molecule has 0 aliphatic carbocycles. The van der Waals surface area contributed by atoms with Crippen molar-refractivity contribution in [3.8, 4) is 5.69 Å². The van der Waals surface area contributed by atoms with E-state index in [1.54, 1.807) is 0 Å². The van der Waals surface area contributed by atoms with E-state index in [2.05, 4.69) is 29.1 Å². The van der Waals surface area contributed by atoms with Crippen molar-refractivity contribution in [2.45, 2.75) is 58.8 Å². The van der Waals surface area contributed by atoms with Crippen LogP contribution in [-0.4, -0.2) is 43.8 Å². The molecule has 158 valence electrons. The van der Waals surface area contributed by atoms with Crippen molar-refractivity contribution >= 4 is 5.91 Å². The Bertz CT molecular complexity index is 1010. The average Bonchev–Trinajstić information content (AvgIpc) is 3.36. The van der Waals surface area contributed by atoms with Crippen molar-refractivity contribution in [3.05, 3.63) is 59.0 Å². The van der Waals surface area contributed by atoms with Crippen LogP contribution in [0.2, 0.25) is 0 Å². The summed E-state index contributed by atoms with van der Waals surface area (Å²) in [5, 5.41) is 8.74. The highest BCUT2D eigenvalue weighted by molar-refractivity contribution is 5.79. The zero-order chi connectivity index (χ0) is 21.3. The number of carbonyl (C=O) groups is 1. The van der Waals surface area contributed by atoms with Gasteiger partial charge in [-0.05, 0) is 38.8 Å². The van der Waals surface area contributed by atoms with Gasteiger partial charge in [0.1, 0.15) is 0 Å². The number of rotatable bonds is 5. The first kappa shape index (κ1) is 20.3. The molecule has 0 spiro atoms. The molecular weight excluding hydrogens is 378 g/mol. The third-order valence-corrected chi connectivity index (χ3v) is 5.94. The number of likely N-dealkylation sites (tertiary alicyclic amines) is 1. The number of para-hydroxylation sites is 1. The summed E-state index contributed by atoms with van der Waals surface area (Å²) in [6.07, 6.45) is 2.09. The second-order valence-electron chi connectivity index (χ2n) is 8.37. The zero-order valence-corrected chi connectivity index (χ0v) is 18.1. The van der Waals surface area contributed by atoms with Crippen LogP contribution in [0.25, 0.3) is 5.69 Å². The Balaban J connectivity index is 1.40. The number of aromatic nitrogens is 4. The fourth-order valence-electron chi connectivity index (χ4n) is 4.04. The van der Waals surface area contributed by atoms with E-state index in [1.165, 1.54) is 0 Å². The maximum atomic E-state index is 13.0. The predicted molar refractivity (Wildman–Crippen MR) is 114 cm³/mol. The van der Waals surface area contributed by atoms with E-state index < -0.39 is 0 Å². The van der Waals surface area contributed by atoms with Crippen LogP contribution >= 0.6 is 0 Å². The summed E-state index contributed by atoms with van der Waals surface area (Å²) in [5.74, 6) is 2.11. The Kier molecular flexibility index (Phi) is 5.70. The quantitative estimate of drug-likeness (QED) is 0.640. The molecule has 0 atom stereocenters. The van der Waals surface area contributed by atoms with Crippen LogP contribution < -0.4 is 0 Å². The molecular formula is C23H29N5O2. The van der Waals surface area contributed by atoms with Gasteiger partial charge in [-0.3, -0.25) is 4.79 Å². The molecule has 0 unspecified atom stereocenters. The molecule has 1 aromatic carbocycles. The van der Waals surface area contributed by atoms with Crippen LogP contribution in [0.4, 0.5) is 0 Å². The zero-order valence-electron chi connectivity index (χ0n) is 18.1. The number of amides is 1. The Morgan fingerprint density at radius 2 is 1.87 bits per heavy atom. The molecule has 1 fully saturated rings. The summed E-state index contributed by atoms with van der Waals surface area (Å²) in [7, 11) is 0. The van der Waals surface area contributed by atoms with Gasteiger partial charge >= 0.3 is 0 Å². The molecule has 1 amide bonds. The molecule has 1 aliphatic rings. The fraction of sp³-hybridized carbons (Fsp3) is 0.478. The average molecular weight is 408 g/mol. The standard InChI is InChI=1S/C23H29N5O2/c1-15(2)22-24-23(30-26-22)18-10-12-27(13-11-18)21(29)14-20-16(3)25-28(17(20)4)19-8-6-5-7-9-19/h5-9,15,18H,10-14H2,1-4H3. The van der Waals surface area contributed by atoms with Gasteiger partial charge < -0.3 is 9.42 Å². The lowest BCUT2D eigenvalue weighted by Crippen LogP contribution is -2.39. The van der Waals surface area contributed by atoms with Gasteiger partial charge in [-0.1, -0.05) is 37.2 Å². The molecule has 0 radical (unpaired) electrons. The number of nitrogens with zero attached hydrogens (tertiary/aromatic N) is 5. The largest absolute Gasteiger partial charge is 0.342 e. The second kappa shape index (κ2) is 8.42. The van der Waals surface area contributed by atoms with Gasteiger partial charge in [-0.25, -0.2) is 4.68 Å². The Labute approximate surface area is 177 Å². The monoisotopic (exact) mass is 407 g/mol. The van der Waals surface area contributed by atoms with Crippen molar-refractivity contribution < 1.29 is 9.32 Å². The van der Waals surface area contributed by atoms with E-state index in [0.29, 0.717) is 25.4 Å². The Morgan fingerprint density at radius 3 is 2.50 bits per heavy atom. The SMILES string of the molecule is Cc1nn(-c2ccccc2)c(C)c1CC(=O)N1CCC(c2nc(C(C)C)no2)CC1. The summed E-state index contributed by atoms with van der Waals surface area (Å²) < 4.78 is 7.38. The van der Waals surface area contributed by atoms with Gasteiger partial charge in [0.2, 0.25) is 11.8 Å². The van der Waals surface area contributed by atoms with Crippen LogP contribution in [0.3, 0.4) is 0 Å². The van der Waals surface area contributed by atoms with E-state index in [9.17, 15) is 4.79 Å². The van der Waals surface area contributed by atoms with Gasteiger partial charge in [-0.2, -0.15) is 10.1 Å². The minimum atomic E-state index is 0.153. The van der Waals surface area contributed by atoms with E-state index in [0.717, 1.165) is 41.3 Å². The molecule has 7 heteroatoms. The molecule has 2 aromatic heterocycles. The molecule has 1 aliphatic heterocycles. The molecule has 0 saturated carbocycles. The van der Waals surface area contributed by atoms with Gasteiger partial charge in [0.05, 0.1) is 17.8 Å². The molecule has 3 heterocycles. The normalized spacial score (nSPS) is 15.2. The van der Waals surface area contributed by atoms with Crippen molar-refractivity contribution in [1.82, 2.24) is 24.8 Å². The second-order valence-corrected chi connectivity index (χ2v) is 8.37. The number of hydrogen-bond donors (Lipinski definition) is 0.